The number of carbonyl (C=O) groups excluding carboxylic acids is 1. The van der Waals surface area contributed by atoms with E-state index >= 15 is 0 Å². The van der Waals surface area contributed by atoms with Crippen LogP contribution >= 0.6 is 0 Å². The minimum absolute atomic E-state index is 0.0577. The van der Waals surface area contributed by atoms with Crippen molar-refractivity contribution in [2.45, 2.75) is 38.0 Å². The topological polar surface area (TPSA) is 79.4 Å². The molecule has 2 N–H and O–H groups in total. The summed E-state index contributed by atoms with van der Waals surface area (Å²) in [7, 11) is 1.36. The highest BCUT2D eigenvalue weighted by atomic mass is 16.5. The number of esters is 1. The van der Waals surface area contributed by atoms with Gasteiger partial charge in [0, 0.05) is 12.0 Å². The number of hydrogen-bond donors (Lipinski definition) is 1. The fraction of sp³-hybridized carbons (Fsp3) is 0.500. The molecular weight excluding hydrogens is 282 g/mol. The number of hydrogen-bond acceptors (Lipinski definition) is 5. The van der Waals surface area contributed by atoms with Crippen molar-refractivity contribution < 1.29 is 14.3 Å². The first-order chi connectivity index (χ1) is 10.7. The zero-order valence-electron chi connectivity index (χ0n) is 12.7. The van der Waals surface area contributed by atoms with Crippen LogP contribution in [-0.4, -0.2) is 29.5 Å². The number of para-hydroxylation sites is 1. The lowest BCUT2D eigenvalue weighted by Crippen LogP contribution is -2.21. The third-order valence-electron chi connectivity index (χ3n) is 4.04. The van der Waals surface area contributed by atoms with Crippen molar-refractivity contribution in [1.82, 2.24) is 9.78 Å². The summed E-state index contributed by atoms with van der Waals surface area (Å²) in [4.78, 5) is 11.5. The largest absolute Gasteiger partial charge is 0.469 e. The van der Waals surface area contributed by atoms with Gasteiger partial charge < -0.3 is 15.2 Å². The molecule has 118 valence electrons. The van der Waals surface area contributed by atoms with Crippen molar-refractivity contribution >= 4 is 16.9 Å². The van der Waals surface area contributed by atoms with Gasteiger partial charge in [0.05, 0.1) is 30.8 Å². The first-order valence-electron chi connectivity index (χ1n) is 7.62. The fourth-order valence-electron chi connectivity index (χ4n) is 2.88. The highest BCUT2D eigenvalue weighted by Crippen LogP contribution is 2.30. The molecule has 1 aliphatic rings. The number of methoxy groups -OCH3 is 1. The molecule has 3 rings (SSSR count). The van der Waals surface area contributed by atoms with Crippen molar-refractivity contribution in [2.75, 3.05) is 13.7 Å². The number of fused-ring (bicyclic) bond motifs is 1. The predicted molar refractivity (Wildman–Crippen MR) is 82.1 cm³/mol. The van der Waals surface area contributed by atoms with E-state index in [9.17, 15) is 4.79 Å². The number of nitrogens with two attached hydrogens (primary N) is 1. The van der Waals surface area contributed by atoms with Gasteiger partial charge in [-0.15, -0.1) is 0 Å². The highest BCUT2D eigenvalue weighted by Gasteiger charge is 2.24. The van der Waals surface area contributed by atoms with Gasteiger partial charge in [0.25, 0.3) is 0 Å². The van der Waals surface area contributed by atoms with Crippen LogP contribution in [0.5, 0.6) is 0 Å². The van der Waals surface area contributed by atoms with Gasteiger partial charge in [-0.25, -0.2) is 4.68 Å². The van der Waals surface area contributed by atoms with Crippen LogP contribution in [-0.2, 0) is 14.3 Å². The fourth-order valence-corrected chi connectivity index (χ4v) is 2.88. The molecule has 2 atom stereocenters. The third-order valence-corrected chi connectivity index (χ3v) is 4.04. The zero-order chi connectivity index (χ0) is 15.5. The standard InChI is InChI=1S/C16H21N3O3/c1-21-15(20)10-12(17)16-11-6-2-3-7-13(11)19(18-16)14-8-4-5-9-22-14/h2-3,6-7,12,14H,4-5,8-10,17H2,1H3. The summed E-state index contributed by atoms with van der Waals surface area (Å²) < 4.78 is 12.4. The summed E-state index contributed by atoms with van der Waals surface area (Å²) in [6.45, 7) is 0.752. The van der Waals surface area contributed by atoms with Crippen LogP contribution in [0.1, 0.15) is 43.6 Å². The maximum Gasteiger partial charge on any atom is 0.307 e. The maximum absolute atomic E-state index is 11.5. The van der Waals surface area contributed by atoms with E-state index < -0.39 is 6.04 Å². The van der Waals surface area contributed by atoms with E-state index in [0.29, 0.717) is 0 Å². The molecule has 0 bridgehead atoms. The number of aromatic nitrogens is 2. The Balaban J connectivity index is 1.98. The van der Waals surface area contributed by atoms with E-state index in [1.54, 1.807) is 0 Å². The lowest BCUT2D eigenvalue weighted by molar-refractivity contribution is -0.141. The van der Waals surface area contributed by atoms with E-state index in [4.69, 9.17) is 15.2 Å². The number of benzene rings is 1. The Morgan fingerprint density at radius 1 is 1.50 bits per heavy atom. The second kappa shape index (κ2) is 6.46. The molecule has 2 unspecified atom stereocenters. The van der Waals surface area contributed by atoms with Crippen LogP contribution in [0.2, 0.25) is 0 Å². The molecule has 0 radical (unpaired) electrons. The van der Waals surface area contributed by atoms with Crippen LogP contribution in [0.3, 0.4) is 0 Å². The second-order valence-corrected chi connectivity index (χ2v) is 5.55. The first kappa shape index (κ1) is 15.0. The number of rotatable bonds is 4. The molecule has 2 heterocycles. The molecule has 22 heavy (non-hydrogen) atoms. The lowest BCUT2D eigenvalue weighted by atomic mass is 10.1. The SMILES string of the molecule is COC(=O)CC(N)c1nn(C2CCCCO2)c2ccccc12. The van der Waals surface area contributed by atoms with Gasteiger partial charge in [-0.1, -0.05) is 18.2 Å². The molecule has 1 saturated heterocycles. The van der Waals surface area contributed by atoms with Gasteiger partial charge in [0.2, 0.25) is 0 Å². The van der Waals surface area contributed by atoms with Gasteiger partial charge in [0.1, 0.15) is 0 Å². The summed E-state index contributed by atoms with van der Waals surface area (Å²) in [5, 5.41) is 5.62. The molecule has 1 aromatic carbocycles. The second-order valence-electron chi connectivity index (χ2n) is 5.55. The Morgan fingerprint density at radius 3 is 3.05 bits per heavy atom. The zero-order valence-corrected chi connectivity index (χ0v) is 12.7. The van der Waals surface area contributed by atoms with Crippen LogP contribution in [0.15, 0.2) is 24.3 Å². The number of nitrogens with zero attached hydrogens (tertiary/aromatic N) is 2. The molecular formula is C16H21N3O3. The Hall–Kier alpha value is -1.92. The van der Waals surface area contributed by atoms with Gasteiger partial charge in [-0.2, -0.15) is 5.10 Å². The molecule has 0 amide bonds. The molecule has 0 spiro atoms. The van der Waals surface area contributed by atoms with E-state index in [2.05, 4.69) is 5.10 Å². The summed E-state index contributed by atoms with van der Waals surface area (Å²) in [6.07, 6.45) is 3.21. The normalized spacial score (nSPS) is 20.0. The number of ether oxygens (including phenoxy) is 2. The Morgan fingerprint density at radius 2 is 2.32 bits per heavy atom. The Bertz CT molecular complexity index is 662. The van der Waals surface area contributed by atoms with Gasteiger partial charge in [-0.05, 0) is 25.3 Å². The molecule has 0 saturated carbocycles. The van der Waals surface area contributed by atoms with Gasteiger partial charge in [0.15, 0.2) is 6.23 Å². The van der Waals surface area contributed by atoms with E-state index in [1.807, 2.05) is 28.9 Å². The summed E-state index contributed by atoms with van der Waals surface area (Å²) in [6, 6.07) is 7.42. The third kappa shape index (κ3) is 2.84. The van der Waals surface area contributed by atoms with E-state index in [1.165, 1.54) is 7.11 Å². The highest BCUT2D eigenvalue weighted by molar-refractivity contribution is 5.83. The number of carbonyl (C=O) groups is 1. The minimum Gasteiger partial charge on any atom is -0.469 e. The van der Waals surface area contributed by atoms with Gasteiger partial charge >= 0.3 is 5.97 Å². The van der Waals surface area contributed by atoms with Crippen LogP contribution < -0.4 is 5.73 Å². The summed E-state index contributed by atoms with van der Waals surface area (Å²) in [5.41, 5.74) is 7.87. The minimum atomic E-state index is -0.484. The van der Waals surface area contributed by atoms with E-state index in [-0.39, 0.29) is 18.6 Å². The van der Waals surface area contributed by atoms with Crippen molar-refractivity contribution in [2.24, 2.45) is 5.73 Å². The van der Waals surface area contributed by atoms with Crippen LogP contribution in [0.4, 0.5) is 0 Å². The smallest absolute Gasteiger partial charge is 0.307 e. The van der Waals surface area contributed by atoms with Crippen molar-refractivity contribution in [3.63, 3.8) is 0 Å². The van der Waals surface area contributed by atoms with Crippen LogP contribution in [0.25, 0.3) is 10.9 Å². The summed E-state index contributed by atoms with van der Waals surface area (Å²) in [5.74, 6) is -0.333. The average Bonchev–Trinajstić information content (AvgIpc) is 2.95. The van der Waals surface area contributed by atoms with Gasteiger partial charge in [-0.3, -0.25) is 4.79 Å². The molecule has 1 aromatic heterocycles. The molecule has 6 nitrogen and oxygen atoms in total. The van der Waals surface area contributed by atoms with Crippen molar-refractivity contribution in [3.8, 4) is 0 Å². The van der Waals surface area contributed by atoms with Crippen molar-refractivity contribution in [1.29, 1.82) is 0 Å². The van der Waals surface area contributed by atoms with Crippen LogP contribution in [0, 0.1) is 0 Å². The molecule has 6 heteroatoms. The van der Waals surface area contributed by atoms with Crippen molar-refractivity contribution in [3.05, 3.63) is 30.0 Å². The molecule has 2 aromatic rings. The molecule has 1 aliphatic heterocycles. The Kier molecular flexibility index (Phi) is 4.40. The Labute approximate surface area is 129 Å². The monoisotopic (exact) mass is 303 g/mol. The summed E-state index contributed by atoms with van der Waals surface area (Å²) >= 11 is 0. The average molecular weight is 303 g/mol. The molecule has 1 fully saturated rings. The lowest BCUT2D eigenvalue weighted by Gasteiger charge is -2.23. The quantitative estimate of drug-likeness (QED) is 0.877. The van der Waals surface area contributed by atoms with E-state index in [0.717, 1.165) is 42.5 Å². The predicted octanol–water partition coefficient (Wildman–Crippen LogP) is 2.30. The molecule has 0 aliphatic carbocycles. The first-order valence-corrected chi connectivity index (χ1v) is 7.62. The maximum atomic E-state index is 11.5.